The van der Waals surface area contributed by atoms with Gasteiger partial charge in [0.25, 0.3) is 0 Å². The van der Waals surface area contributed by atoms with E-state index in [1.807, 2.05) is 43.3 Å². The molecule has 0 aliphatic carbocycles. The Morgan fingerprint density at radius 2 is 1.80 bits per heavy atom. The number of hydrogen-bond donors (Lipinski definition) is 2. The Balaban J connectivity index is 1.82. The lowest BCUT2D eigenvalue weighted by atomic mass is 10.0. The molecule has 4 nitrogen and oxygen atoms in total. The minimum absolute atomic E-state index is 0.00452. The highest BCUT2D eigenvalue weighted by Crippen LogP contribution is 2.25. The van der Waals surface area contributed by atoms with Crippen molar-refractivity contribution < 1.29 is 13.5 Å². The van der Waals surface area contributed by atoms with Crippen LogP contribution >= 0.6 is 11.6 Å². The van der Waals surface area contributed by atoms with E-state index in [-0.39, 0.29) is 16.5 Å². The Bertz CT molecular complexity index is 1010. The maximum atomic E-state index is 12.5. The zero-order valence-electron chi connectivity index (χ0n) is 13.6. The number of aliphatic hydroxyl groups excluding tert-OH is 1. The molecular weight excluding hydrogens is 358 g/mol. The van der Waals surface area contributed by atoms with Crippen LogP contribution in [0.5, 0.6) is 0 Å². The van der Waals surface area contributed by atoms with Gasteiger partial charge in [-0.1, -0.05) is 60.1 Å². The number of aryl methyl sites for hydroxylation is 1. The molecule has 0 spiro atoms. The van der Waals surface area contributed by atoms with Gasteiger partial charge in [-0.05, 0) is 41.0 Å². The molecule has 1 atom stereocenters. The summed E-state index contributed by atoms with van der Waals surface area (Å²) in [4.78, 5) is 0.00452. The third-order valence-corrected chi connectivity index (χ3v) is 5.93. The number of nitrogens with one attached hydrogen (secondary N) is 1. The smallest absolute Gasteiger partial charge is 0.242 e. The summed E-state index contributed by atoms with van der Waals surface area (Å²) in [5.74, 6) is 0. The molecule has 0 amide bonds. The van der Waals surface area contributed by atoms with Gasteiger partial charge in [-0.3, -0.25) is 0 Å². The Kier molecular flexibility index (Phi) is 5.11. The van der Waals surface area contributed by atoms with Crippen LogP contribution in [0.4, 0.5) is 0 Å². The second-order valence-corrected chi connectivity index (χ2v) is 8.01. The van der Waals surface area contributed by atoms with E-state index >= 15 is 0 Å². The zero-order chi connectivity index (χ0) is 18.0. The fourth-order valence-corrected chi connectivity index (χ4v) is 4.38. The monoisotopic (exact) mass is 375 g/mol. The summed E-state index contributed by atoms with van der Waals surface area (Å²) in [6.07, 6.45) is -0.968. The van der Waals surface area contributed by atoms with Gasteiger partial charge in [0.2, 0.25) is 10.0 Å². The largest absolute Gasteiger partial charge is 0.387 e. The molecule has 3 aromatic rings. The fraction of sp³-hybridized carbons (Fsp3) is 0.158. The van der Waals surface area contributed by atoms with Crippen molar-refractivity contribution in [3.05, 3.63) is 76.8 Å². The quantitative estimate of drug-likeness (QED) is 0.712. The summed E-state index contributed by atoms with van der Waals surface area (Å²) >= 11 is 6.04. The van der Waals surface area contributed by atoms with E-state index in [1.54, 1.807) is 18.2 Å². The molecule has 3 rings (SSSR count). The third kappa shape index (κ3) is 3.85. The van der Waals surface area contributed by atoms with Crippen LogP contribution in [-0.4, -0.2) is 20.1 Å². The average Bonchev–Trinajstić information content (AvgIpc) is 2.59. The Hall–Kier alpha value is -1.92. The zero-order valence-corrected chi connectivity index (χ0v) is 15.2. The second-order valence-electron chi connectivity index (χ2n) is 5.87. The lowest BCUT2D eigenvalue weighted by Gasteiger charge is -2.15. The second kappa shape index (κ2) is 7.14. The molecule has 2 N–H and O–H groups in total. The molecule has 0 saturated heterocycles. The molecule has 0 heterocycles. The highest BCUT2D eigenvalue weighted by molar-refractivity contribution is 7.89. The molecule has 0 fully saturated rings. The first-order valence-electron chi connectivity index (χ1n) is 7.80. The molecule has 25 heavy (non-hydrogen) atoms. The van der Waals surface area contributed by atoms with Crippen LogP contribution in [0.1, 0.15) is 17.2 Å². The normalized spacial score (nSPS) is 13.1. The van der Waals surface area contributed by atoms with Crippen LogP contribution in [0.3, 0.4) is 0 Å². The number of benzene rings is 3. The van der Waals surface area contributed by atoms with Gasteiger partial charge in [0, 0.05) is 6.54 Å². The lowest BCUT2D eigenvalue weighted by molar-refractivity contribution is 0.183. The molecule has 1 unspecified atom stereocenters. The van der Waals surface area contributed by atoms with Crippen LogP contribution in [-0.2, 0) is 10.0 Å². The van der Waals surface area contributed by atoms with Crippen LogP contribution in [0.25, 0.3) is 10.8 Å². The average molecular weight is 376 g/mol. The summed E-state index contributed by atoms with van der Waals surface area (Å²) in [6.45, 7) is 1.69. The van der Waals surface area contributed by atoms with Gasteiger partial charge in [0.1, 0.15) is 4.90 Å². The van der Waals surface area contributed by atoms with Crippen LogP contribution < -0.4 is 4.72 Å². The Morgan fingerprint density at radius 1 is 1.08 bits per heavy atom. The van der Waals surface area contributed by atoms with Crippen molar-refractivity contribution >= 4 is 32.4 Å². The van der Waals surface area contributed by atoms with Gasteiger partial charge in [-0.25, -0.2) is 13.1 Å². The maximum Gasteiger partial charge on any atom is 0.242 e. The minimum Gasteiger partial charge on any atom is -0.387 e. The van der Waals surface area contributed by atoms with Gasteiger partial charge in [-0.15, -0.1) is 0 Å². The van der Waals surface area contributed by atoms with Gasteiger partial charge in [0.15, 0.2) is 0 Å². The summed E-state index contributed by atoms with van der Waals surface area (Å²) in [6, 6.07) is 18.0. The molecule has 130 valence electrons. The number of sulfonamides is 1. The first kappa shape index (κ1) is 17.9. The Morgan fingerprint density at radius 3 is 2.56 bits per heavy atom. The summed E-state index contributed by atoms with van der Waals surface area (Å²) in [5.41, 5.74) is 1.55. The van der Waals surface area contributed by atoms with Gasteiger partial charge in [0.05, 0.1) is 11.1 Å². The lowest BCUT2D eigenvalue weighted by Crippen LogP contribution is -2.28. The number of hydrogen-bond acceptors (Lipinski definition) is 3. The molecule has 0 saturated carbocycles. The van der Waals surface area contributed by atoms with E-state index in [4.69, 9.17) is 11.6 Å². The van der Waals surface area contributed by atoms with Gasteiger partial charge in [-0.2, -0.15) is 0 Å². The third-order valence-electron chi connectivity index (χ3n) is 4.03. The maximum absolute atomic E-state index is 12.5. The van der Waals surface area contributed by atoms with Crippen molar-refractivity contribution in [1.82, 2.24) is 4.72 Å². The van der Waals surface area contributed by atoms with Crippen LogP contribution in [0, 0.1) is 6.92 Å². The number of rotatable bonds is 5. The van der Waals surface area contributed by atoms with Crippen molar-refractivity contribution in [2.75, 3.05) is 6.54 Å². The van der Waals surface area contributed by atoms with E-state index in [1.165, 1.54) is 6.07 Å². The van der Waals surface area contributed by atoms with Crippen LogP contribution in [0.15, 0.2) is 65.6 Å². The molecule has 0 bridgehead atoms. The van der Waals surface area contributed by atoms with E-state index in [9.17, 15) is 13.5 Å². The molecule has 6 heteroatoms. The highest BCUT2D eigenvalue weighted by Gasteiger charge is 2.20. The van der Waals surface area contributed by atoms with E-state index in [0.717, 1.165) is 16.3 Å². The molecular formula is C19H18ClNO3S. The van der Waals surface area contributed by atoms with Gasteiger partial charge < -0.3 is 5.11 Å². The van der Waals surface area contributed by atoms with Crippen molar-refractivity contribution in [3.8, 4) is 0 Å². The van der Waals surface area contributed by atoms with Crippen LogP contribution in [0.2, 0.25) is 5.02 Å². The summed E-state index contributed by atoms with van der Waals surface area (Å²) < 4.78 is 27.4. The summed E-state index contributed by atoms with van der Waals surface area (Å²) in [7, 11) is -3.81. The predicted octanol–water partition coefficient (Wildman–Crippen LogP) is 3.81. The SMILES string of the molecule is Cc1ccc(S(=O)(=O)NCC(O)c2cccc3ccccc23)c(Cl)c1. The number of aliphatic hydroxyl groups is 1. The first-order valence-corrected chi connectivity index (χ1v) is 9.66. The molecule has 0 aliphatic heterocycles. The van der Waals surface area contributed by atoms with E-state index in [2.05, 4.69) is 4.72 Å². The first-order chi connectivity index (χ1) is 11.9. The standard InChI is InChI=1S/C19H18ClNO3S/c1-13-9-10-19(17(20)11-13)25(23,24)21-12-18(22)16-8-4-6-14-5-2-3-7-15(14)16/h2-11,18,21-22H,12H2,1H3. The number of fused-ring (bicyclic) bond motifs is 1. The van der Waals surface area contributed by atoms with Gasteiger partial charge >= 0.3 is 0 Å². The van der Waals surface area contributed by atoms with E-state index in [0.29, 0.717) is 5.56 Å². The molecule has 3 aromatic carbocycles. The van der Waals surface area contributed by atoms with E-state index < -0.39 is 16.1 Å². The number of halogens is 1. The fourth-order valence-electron chi connectivity index (χ4n) is 2.74. The van der Waals surface area contributed by atoms with Crippen molar-refractivity contribution in [1.29, 1.82) is 0 Å². The molecule has 0 aliphatic rings. The summed E-state index contributed by atoms with van der Waals surface area (Å²) in [5, 5.41) is 12.5. The predicted molar refractivity (Wildman–Crippen MR) is 100 cm³/mol. The molecule has 0 radical (unpaired) electrons. The van der Waals surface area contributed by atoms with Crippen molar-refractivity contribution in [2.24, 2.45) is 0 Å². The molecule has 0 aromatic heterocycles. The topological polar surface area (TPSA) is 66.4 Å². The minimum atomic E-state index is -3.81. The van der Waals surface area contributed by atoms with Crippen molar-refractivity contribution in [3.63, 3.8) is 0 Å². The Labute approximate surface area is 152 Å². The highest BCUT2D eigenvalue weighted by atomic mass is 35.5. The van der Waals surface area contributed by atoms with Crippen molar-refractivity contribution in [2.45, 2.75) is 17.9 Å².